The van der Waals surface area contributed by atoms with E-state index in [1.165, 1.54) is 0 Å². The molecule has 0 aromatic carbocycles. The van der Waals surface area contributed by atoms with Crippen LogP contribution < -0.4 is 0 Å². The zero-order chi connectivity index (χ0) is 14.2. The monoisotopic (exact) mass is 296 g/mol. The van der Waals surface area contributed by atoms with E-state index in [4.69, 9.17) is 17.2 Å². The van der Waals surface area contributed by atoms with Gasteiger partial charge in [-0.05, 0) is 38.4 Å². The Morgan fingerprint density at radius 3 is 2.53 bits per heavy atom. The van der Waals surface area contributed by atoms with E-state index in [9.17, 15) is 0 Å². The van der Waals surface area contributed by atoms with Crippen molar-refractivity contribution in [3.63, 3.8) is 0 Å². The molecule has 0 aliphatic heterocycles. The van der Waals surface area contributed by atoms with Crippen molar-refractivity contribution >= 4 is 23.6 Å². The van der Waals surface area contributed by atoms with E-state index in [0.717, 1.165) is 27.8 Å². The van der Waals surface area contributed by atoms with Gasteiger partial charge in [-0.2, -0.15) is 5.10 Å². The van der Waals surface area contributed by atoms with Gasteiger partial charge in [0.15, 0.2) is 10.6 Å². The molecular formula is C13H20N4S2. The van der Waals surface area contributed by atoms with Crippen LogP contribution in [-0.2, 0) is 6.42 Å². The predicted molar refractivity (Wildman–Crippen MR) is 82.4 cm³/mol. The van der Waals surface area contributed by atoms with Gasteiger partial charge in [-0.3, -0.25) is 9.67 Å². The molecule has 1 N–H and O–H groups in total. The van der Waals surface area contributed by atoms with Crippen LogP contribution in [0, 0.1) is 4.77 Å². The molecule has 6 heteroatoms. The fraction of sp³-hybridized carbons (Fsp3) is 0.615. The van der Waals surface area contributed by atoms with Gasteiger partial charge < -0.3 is 0 Å². The van der Waals surface area contributed by atoms with Crippen LogP contribution >= 0.6 is 23.6 Å². The van der Waals surface area contributed by atoms with E-state index in [2.05, 4.69) is 49.4 Å². The maximum Gasteiger partial charge on any atom is 0.195 e. The van der Waals surface area contributed by atoms with E-state index in [-0.39, 0.29) is 6.04 Å². The Morgan fingerprint density at radius 1 is 1.32 bits per heavy atom. The van der Waals surface area contributed by atoms with Crippen molar-refractivity contribution in [1.29, 1.82) is 0 Å². The summed E-state index contributed by atoms with van der Waals surface area (Å²) in [6.07, 6.45) is 0.956. The molecule has 0 aliphatic carbocycles. The highest BCUT2D eigenvalue weighted by molar-refractivity contribution is 7.71. The Bertz CT molecular complexity index is 619. The third kappa shape index (κ3) is 2.65. The molecule has 0 saturated carbocycles. The molecule has 0 spiro atoms. The summed E-state index contributed by atoms with van der Waals surface area (Å²) < 4.78 is 2.74. The van der Waals surface area contributed by atoms with Crippen LogP contribution in [0.5, 0.6) is 0 Å². The minimum absolute atomic E-state index is 0.286. The third-order valence-electron chi connectivity index (χ3n) is 2.97. The molecule has 104 valence electrons. The normalized spacial score (nSPS) is 11.7. The van der Waals surface area contributed by atoms with E-state index in [0.29, 0.717) is 10.7 Å². The summed E-state index contributed by atoms with van der Waals surface area (Å²) in [5.41, 5.74) is 1.12. The smallest absolute Gasteiger partial charge is 0.195 e. The molecule has 2 aromatic heterocycles. The van der Waals surface area contributed by atoms with Gasteiger partial charge in [0.2, 0.25) is 0 Å². The molecule has 0 atom stereocenters. The average Bonchev–Trinajstić information content (AvgIpc) is 2.91. The van der Waals surface area contributed by atoms with Crippen LogP contribution in [0.1, 0.15) is 57.3 Å². The molecule has 0 saturated heterocycles. The van der Waals surface area contributed by atoms with Crippen molar-refractivity contribution < 1.29 is 0 Å². The fourth-order valence-corrected chi connectivity index (χ4v) is 3.51. The topological polar surface area (TPSA) is 46.5 Å². The Morgan fingerprint density at radius 2 is 2.00 bits per heavy atom. The van der Waals surface area contributed by atoms with E-state index >= 15 is 0 Å². The first-order valence-corrected chi connectivity index (χ1v) is 7.85. The number of aryl methyl sites for hydroxylation is 1. The highest BCUT2D eigenvalue weighted by Gasteiger charge is 2.21. The van der Waals surface area contributed by atoms with Crippen molar-refractivity contribution in [1.82, 2.24) is 19.7 Å². The quantitative estimate of drug-likeness (QED) is 0.854. The minimum atomic E-state index is 0.286. The molecule has 0 aliphatic rings. The number of thiazole rings is 1. The summed E-state index contributed by atoms with van der Waals surface area (Å²) in [6, 6.07) is 0.286. The van der Waals surface area contributed by atoms with Crippen LogP contribution in [0.15, 0.2) is 0 Å². The average molecular weight is 296 g/mol. The van der Waals surface area contributed by atoms with Gasteiger partial charge in [-0.15, -0.1) is 11.3 Å². The number of hydrogen-bond acceptors (Lipinski definition) is 4. The first-order chi connectivity index (χ1) is 8.95. The number of nitrogens with one attached hydrogen (secondary N) is 1. The van der Waals surface area contributed by atoms with Crippen LogP contribution in [0.4, 0.5) is 0 Å². The predicted octanol–water partition coefficient (Wildman–Crippen LogP) is 4.33. The molecule has 0 radical (unpaired) electrons. The summed E-state index contributed by atoms with van der Waals surface area (Å²) >= 11 is 7.05. The molecule has 4 nitrogen and oxygen atoms in total. The van der Waals surface area contributed by atoms with Crippen molar-refractivity contribution in [2.24, 2.45) is 0 Å². The summed E-state index contributed by atoms with van der Waals surface area (Å²) in [5.74, 6) is 1.30. The Hall–Kier alpha value is -1.01. The highest BCUT2D eigenvalue weighted by atomic mass is 32.1. The second-order valence-corrected chi connectivity index (χ2v) is 6.62. The molecule has 2 aromatic rings. The largest absolute Gasteiger partial charge is 0.297 e. The van der Waals surface area contributed by atoms with Crippen LogP contribution in [-0.4, -0.2) is 19.7 Å². The van der Waals surface area contributed by atoms with Crippen LogP contribution in [0.3, 0.4) is 0 Å². The fourth-order valence-electron chi connectivity index (χ4n) is 2.02. The highest BCUT2D eigenvalue weighted by Crippen LogP contribution is 2.34. The lowest BCUT2D eigenvalue weighted by atomic mass is 10.1. The Kier molecular flexibility index (Phi) is 4.20. The lowest BCUT2D eigenvalue weighted by Crippen LogP contribution is -2.04. The van der Waals surface area contributed by atoms with Gasteiger partial charge in [0, 0.05) is 6.04 Å². The van der Waals surface area contributed by atoms with Crippen molar-refractivity contribution in [3.8, 4) is 10.7 Å². The molecule has 0 unspecified atom stereocenters. The number of nitrogens with zero attached hydrogens (tertiary/aromatic N) is 3. The van der Waals surface area contributed by atoms with E-state index in [1.807, 2.05) is 0 Å². The van der Waals surface area contributed by atoms with Crippen LogP contribution in [0.25, 0.3) is 10.7 Å². The van der Waals surface area contributed by atoms with Crippen LogP contribution in [0.2, 0.25) is 0 Å². The zero-order valence-corrected chi connectivity index (χ0v) is 13.7. The van der Waals surface area contributed by atoms with Gasteiger partial charge in [-0.25, -0.2) is 4.98 Å². The molecule has 0 bridgehead atoms. The maximum atomic E-state index is 5.32. The summed E-state index contributed by atoms with van der Waals surface area (Å²) in [4.78, 5) is 5.88. The number of aromatic amines is 1. The summed E-state index contributed by atoms with van der Waals surface area (Å²) in [6.45, 7) is 10.7. The van der Waals surface area contributed by atoms with Gasteiger partial charge in [0.25, 0.3) is 0 Å². The lowest BCUT2D eigenvalue weighted by Gasteiger charge is -2.10. The molecule has 2 heterocycles. The summed E-state index contributed by atoms with van der Waals surface area (Å²) in [7, 11) is 0. The number of aromatic nitrogens is 4. The molecule has 2 rings (SSSR count). The third-order valence-corrected chi connectivity index (χ3v) is 4.47. The first kappa shape index (κ1) is 14.4. The minimum Gasteiger partial charge on any atom is -0.297 e. The Balaban J connectivity index is 2.65. The summed E-state index contributed by atoms with van der Waals surface area (Å²) in [5, 5.41) is 8.47. The van der Waals surface area contributed by atoms with Gasteiger partial charge in [0.05, 0.1) is 15.6 Å². The van der Waals surface area contributed by atoms with Crippen molar-refractivity contribution in [3.05, 3.63) is 15.5 Å². The molecular weight excluding hydrogens is 276 g/mol. The van der Waals surface area contributed by atoms with Gasteiger partial charge in [0.1, 0.15) is 0 Å². The zero-order valence-electron chi connectivity index (χ0n) is 12.0. The maximum absolute atomic E-state index is 5.32. The van der Waals surface area contributed by atoms with Crippen molar-refractivity contribution in [2.75, 3.05) is 0 Å². The number of hydrogen-bond donors (Lipinski definition) is 1. The number of rotatable bonds is 4. The number of H-pyrrole nitrogens is 1. The standard InChI is InChI=1S/C13H20N4S2/c1-6-9-14-10(7(2)3)11(19-9)12-15-16-13(18)17(12)8(4)5/h7-8H,6H2,1-5H3,(H,16,18). The second-order valence-electron chi connectivity index (χ2n) is 5.15. The van der Waals surface area contributed by atoms with E-state index in [1.54, 1.807) is 11.3 Å². The lowest BCUT2D eigenvalue weighted by molar-refractivity contribution is 0.597. The Labute approximate surface area is 122 Å². The molecule has 0 fully saturated rings. The molecule has 19 heavy (non-hydrogen) atoms. The molecule has 0 amide bonds. The van der Waals surface area contributed by atoms with E-state index < -0.39 is 0 Å². The van der Waals surface area contributed by atoms with Gasteiger partial charge >= 0.3 is 0 Å². The first-order valence-electron chi connectivity index (χ1n) is 6.62. The van der Waals surface area contributed by atoms with Crippen molar-refractivity contribution in [2.45, 2.75) is 53.0 Å². The second kappa shape index (κ2) is 5.54. The SMILES string of the molecule is CCc1nc(C(C)C)c(-c2n[nH]c(=S)n2C(C)C)s1. The van der Waals surface area contributed by atoms with Gasteiger partial charge in [-0.1, -0.05) is 20.8 Å².